The third-order valence-corrected chi connectivity index (χ3v) is 4.51. The van der Waals surface area contributed by atoms with Crippen molar-refractivity contribution in [2.24, 2.45) is 0 Å². The Bertz CT molecular complexity index is 561. The van der Waals surface area contributed by atoms with E-state index in [0.29, 0.717) is 13.1 Å². The van der Waals surface area contributed by atoms with Crippen LogP contribution in [0.2, 0.25) is 0 Å². The predicted octanol–water partition coefficient (Wildman–Crippen LogP) is 0.735. The Balaban J connectivity index is 1.99. The second-order valence-electron chi connectivity index (χ2n) is 6.21. The molecule has 1 unspecified atom stereocenters. The summed E-state index contributed by atoms with van der Waals surface area (Å²) < 4.78 is 7.73. The first-order chi connectivity index (χ1) is 10.2. The van der Waals surface area contributed by atoms with Crippen molar-refractivity contribution in [2.45, 2.75) is 45.0 Å². The number of pyridine rings is 1. The van der Waals surface area contributed by atoms with Gasteiger partial charge in [-0.05, 0) is 38.6 Å². The minimum Gasteiger partial charge on any atom is -0.376 e. The Morgan fingerprint density at radius 3 is 3.05 bits per heavy atom. The minimum atomic E-state index is 0.156. The van der Waals surface area contributed by atoms with E-state index in [2.05, 4.69) is 23.3 Å². The number of hydrogen-bond acceptors (Lipinski definition) is 4. The molecule has 0 saturated carbocycles. The topological polar surface area (TPSA) is 46.5 Å². The molecule has 0 bridgehead atoms. The van der Waals surface area contributed by atoms with Crippen LogP contribution in [0.15, 0.2) is 10.9 Å². The van der Waals surface area contributed by atoms with Crippen LogP contribution in [-0.2, 0) is 30.8 Å². The van der Waals surface area contributed by atoms with Crippen LogP contribution in [0.5, 0.6) is 0 Å². The largest absolute Gasteiger partial charge is 0.376 e. The Morgan fingerprint density at radius 1 is 1.48 bits per heavy atom. The Kier molecular flexibility index (Phi) is 4.42. The van der Waals surface area contributed by atoms with Crippen molar-refractivity contribution >= 4 is 0 Å². The van der Waals surface area contributed by atoms with Gasteiger partial charge in [-0.3, -0.25) is 4.79 Å². The highest BCUT2D eigenvalue weighted by molar-refractivity contribution is 5.29. The molecule has 21 heavy (non-hydrogen) atoms. The molecule has 1 saturated heterocycles. The number of nitrogens with one attached hydrogen (secondary N) is 1. The molecule has 2 aliphatic rings. The molecule has 0 aromatic carbocycles. The summed E-state index contributed by atoms with van der Waals surface area (Å²) in [5.41, 5.74) is 3.53. The van der Waals surface area contributed by atoms with Gasteiger partial charge in [-0.15, -0.1) is 0 Å². The van der Waals surface area contributed by atoms with Crippen LogP contribution in [0, 0.1) is 0 Å². The standard InChI is InChI=1S/C16H25N3O2/c1-17-9-12-8-13-10-18(2)6-5-15(13)19(16(12)20)11-14-4-3-7-21-14/h8,14,17H,3-7,9-11H2,1-2H3. The highest BCUT2D eigenvalue weighted by Gasteiger charge is 2.23. The summed E-state index contributed by atoms with van der Waals surface area (Å²) in [7, 11) is 4.02. The van der Waals surface area contributed by atoms with E-state index in [9.17, 15) is 4.79 Å². The van der Waals surface area contributed by atoms with Gasteiger partial charge in [-0.25, -0.2) is 0 Å². The maximum Gasteiger partial charge on any atom is 0.255 e. The van der Waals surface area contributed by atoms with E-state index >= 15 is 0 Å². The van der Waals surface area contributed by atoms with Crippen LogP contribution in [-0.4, -0.2) is 42.8 Å². The van der Waals surface area contributed by atoms with E-state index < -0.39 is 0 Å². The zero-order valence-corrected chi connectivity index (χ0v) is 13.0. The van der Waals surface area contributed by atoms with Crippen molar-refractivity contribution in [2.75, 3.05) is 27.2 Å². The summed E-state index contributed by atoms with van der Waals surface area (Å²) in [5, 5.41) is 3.11. The van der Waals surface area contributed by atoms with Gasteiger partial charge in [-0.1, -0.05) is 0 Å². The Morgan fingerprint density at radius 2 is 2.33 bits per heavy atom. The van der Waals surface area contributed by atoms with Crippen molar-refractivity contribution in [1.82, 2.24) is 14.8 Å². The predicted molar refractivity (Wildman–Crippen MR) is 82.5 cm³/mol. The normalized spacial score (nSPS) is 22.5. The highest BCUT2D eigenvalue weighted by Crippen LogP contribution is 2.20. The molecule has 1 aromatic rings. The molecule has 5 heteroatoms. The third kappa shape index (κ3) is 3.05. The second-order valence-corrected chi connectivity index (χ2v) is 6.21. The van der Waals surface area contributed by atoms with Gasteiger partial charge in [0, 0.05) is 43.9 Å². The molecule has 0 radical (unpaired) electrons. The van der Waals surface area contributed by atoms with Crippen molar-refractivity contribution in [3.63, 3.8) is 0 Å². The van der Waals surface area contributed by atoms with Crippen molar-refractivity contribution in [1.29, 1.82) is 0 Å². The van der Waals surface area contributed by atoms with Crippen molar-refractivity contribution < 1.29 is 4.74 Å². The quantitative estimate of drug-likeness (QED) is 0.888. The lowest BCUT2D eigenvalue weighted by Crippen LogP contribution is -2.38. The zero-order chi connectivity index (χ0) is 14.8. The van der Waals surface area contributed by atoms with Crippen LogP contribution >= 0.6 is 0 Å². The average Bonchev–Trinajstić information content (AvgIpc) is 2.96. The maximum absolute atomic E-state index is 12.8. The van der Waals surface area contributed by atoms with Crippen molar-refractivity contribution in [3.8, 4) is 0 Å². The first-order valence-corrected chi connectivity index (χ1v) is 7.88. The second kappa shape index (κ2) is 6.30. The van der Waals surface area contributed by atoms with Gasteiger partial charge in [0.25, 0.3) is 5.56 Å². The van der Waals surface area contributed by atoms with Crippen LogP contribution < -0.4 is 10.9 Å². The molecule has 0 aliphatic carbocycles. The minimum absolute atomic E-state index is 0.156. The summed E-state index contributed by atoms with van der Waals surface area (Å²) in [6, 6.07) is 2.09. The third-order valence-electron chi connectivity index (χ3n) is 4.51. The molecule has 1 atom stereocenters. The van der Waals surface area contributed by atoms with Gasteiger partial charge < -0.3 is 19.5 Å². The van der Waals surface area contributed by atoms with E-state index in [1.165, 1.54) is 11.3 Å². The van der Waals surface area contributed by atoms with Gasteiger partial charge in [0.15, 0.2) is 0 Å². The van der Waals surface area contributed by atoms with Crippen LogP contribution in [0.4, 0.5) is 0 Å². The number of aromatic nitrogens is 1. The number of fused-ring (bicyclic) bond motifs is 1. The van der Waals surface area contributed by atoms with E-state index in [1.54, 1.807) is 0 Å². The number of rotatable bonds is 4. The molecule has 5 nitrogen and oxygen atoms in total. The first-order valence-electron chi connectivity index (χ1n) is 7.88. The molecule has 3 rings (SSSR count). The number of ether oxygens (including phenoxy) is 1. The fourth-order valence-corrected chi connectivity index (χ4v) is 3.43. The Hall–Kier alpha value is -1.17. The van der Waals surface area contributed by atoms with Gasteiger partial charge in [0.05, 0.1) is 12.6 Å². The molecule has 0 amide bonds. The number of likely N-dealkylation sites (N-methyl/N-ethyl adjacent to an activating group) is 1. The summed E-state index contributed by atoms with van der Waals surface area (Å²) in [6.07, 6.45) is 3.34. The maximum atomic E-state index is 12.8. The smallest absolute Gasteiger partial charge is 0.255 e. The fourth-order valence-electron chi connectivity index (χ4n) is 3.43. The lowest BCUT2D eigenvalue weighted by molar-refractivity contribution is 0.0948. The SMILES string of the molecule is CNCc1cc2c(n(CC3CCCO3)c1=O)CCN(C)C2. The summed E-state index contributed by atoms with van der Waals surface area (Å²) in [5.74, 6) is 0. The van der Waals surface area contributed by atoms with Crippen LogP contribution in [0.25, 0.3) is 0 Å². The van der Waals surface area contributed by atoms with E-state index in [1.807, 2.05) is 11.6 Å². The van der Waals surface area contributed by atoms with Gasteiger partial charge in [0.2, 0.25) is 0 Å². The first kappa shape index (κ1) is 14.8. The number of nitrogens with zero attached hydrogens (tertiary/aromatic N) is 2. The molecule has 116 valence electrons. The van der Waals surface area contributed by atoms with Gasteiger partial charge in [0.1, 0.15) is 0 Å². The van der Waals surface area contributed by atoms with E-state index in [4.69, 9.17) is 4.74 Å². The van der Waals surface area contributed by atoms with Crippen molar-refractivity contribution in [3.05, 3.63) is 33.2 Å². The molecular weight excluding hydrogens is 266 g/mol. The lowest BCUT2D eigenvalue weighted by Gasteiger charge is -2.29. The number of hydrogen-bond donors (Lipinski definition) is 1. The molecule has 1 aromatic heterocycles. The van der Waals surface area contributed by atoms with E-state index in [-0.39, 0.29) is 11.7 Å². The summed E-state index contributed by atoms with van der Waals surface area (Å²) in [6.45, 7) is 4.12. The summed E-state index contributed by atoms with van der Waals surface area (Å²) in [4.78, 5) is 15.1. The molecular formula is C16H25N3O2. The fraction of sp³-hybridized carbons (Fsp3) is 0.688. The van der Waals surface area contributed by atoms with E-state index in [0.717, 1.165) is 44.5 Å². The average molecular weight is 291 g/mol. The molecule has 2 aliphatic heterocycles. The molecule has 0 spiro atoms. The monoisotopic (exact) mass is 291 g/mol. The summed E-state index contributed by atoms with van der Waals surface area (Å²) >= 11 is 0. The highest BCUT2D eigenvalue weighted by atomic mass is 16.5. The molecule has 1 N–H and O–H groups in total. The van der Waals surface area contributed by atoms with Crippen LogP contribution in [0.3, 0.4) is 0 Å². The zero-order valence-electron chi connectivity index (χ0n) is 13.0. The Labute approximate surface area is 125 Å². The van der Waals surface area contributed by atoms with Gasteiger partial charge >= 0.3 is 0 Å². The van der Waals surface area contributed by atoms with Crippen LogP contribution in [0.1, 0.15) is 29.7 Å². The molecule has 1 fully saturated rings. The van der Waals surface area contributed by atoms with Gasteiger partial charge in [-0.2, -0.15) is 0 Å². The molecule has 3 heterocycles. The lowest BCUT2D eigenvalue weighted by atomic mass is 10.0.